The molecule has 29 heavy (non-hydrogen) atoms. The van der Waals surface area contributed by atoms with E-state index in [2.05, 4.69) is 0 Å². The van der Waals surface area contributed by atoms with Crippen LogP contribution in [0.3, 0.4) is 0 Å². The van der Waals surface area contributed by atoms with Crippen molar-refractivity contribution < 1.29 is 19.1 Å². The molecule has 0 aromatic heterocycles. The number of ether oxygens (including phenoxy) is 2. The van der Waals surface area contributed by atoms with Gasteiger partial charge in [0.2, 0.25) is 0 Å². The monoisotopic (exact) mass is 406 g/mol. The number of rotatable bonds is 4. The fourth-order valence-corrected chi connectivity index (χ4v) is 5.43. The van der Waals surface area contributed by atoms with Crippen molar-refractivity contribution >= 4 is 11.9 Å². The highest BCUT2D eigenvalue weighted by atomic mass is 16.6. The summed E-state index contributed by atoms with van der Waals surface area (Å²) in [5.41, 5.74) is -1.05. The Morgan fingerprint density at radius 2 is 0.793 bits per heavy atom. The quantitative estimate of drug-likeness (QED) is 0.298. The molecular formula is C25H42O4. The highest BCUT2D eigenvalue weighted by molar-refractivity contribution is 6.00. The van der Waals surface area contributed by atoms with E-state index in [1.165, 1.54) is 38.5 Å². The minimum absolute atomic E-state index is 0.0166. The Balaban J connectivity index is 1.67. The normalized spacial score (nSPS) is 25.5. The summed E-state index contributed by atoms with van der Waals surface area (Å²) in [7, 11) is 0. The summed E-state index contributed by atoms with van der Waals surface area (Å²) >= 11 is 0. The maximum atomic E-state index is 13.4. The maximum absolute atomic E-state index is 13.4. The highest BCUT2D eigenvalue weighted by Gasteiger charge is 2.49. The second kappa shape index (κ2) is 12.0. The van der Waals surface area contributed by atoms with Gasteiger partial charge in [0.05, 0.1) is 0 Å². The summed E-state index contributed by atoms with van der Waals surface area (Å²) in [6.45, 7) is 0. The number of carbonyl (C=O) groups excluding carboxylic acids is 2. The molecule has 3 saturated carbocycles. The molecule has 0 atom stereocenters. The van der Waals surface area contributed by atoms with Crippen molar-refractivity contribution in [2.24, 2.45) is 5.41 Å². The zero-order chi connectivity index (χ0) is 20.4. The molecule has 4 heteroatoms. The first-order chi connectivity index (χ1) is 14.2. The first kappa shape index (κ1) is 22.6. The van der Waals surface area contributed by atoms with Gasteiger partial charge < -0.3 is 9.47 Å². The van der Waals surface area contributed by atoms with Crippen LogP contribution < -0.4 is 0 Å². The van der Waals surface area contributed by atoms with Crippen LogP contribution >= 0.6 is 0 Å². The molecule has 0 amide bonds. The topological polar surface area (TPSA) is 52.6 Å². The predicted molar refractivity (Wildman–Crippen MR) is 115 cm³/mol. The van der Waals surface area contributed by atoms with Gasteiger partial charge >= 0.3 is 11.9 Å². The van der Waals surface area contributed by atoms with Gasteiger partial charge in [-0.2, -0.15) is 0 Å². The summed E-state index contributed by atoms with van der Waals surface area (Å²) in [4.78, 5) is 26.8. The Morgan fingerprint density at radius 1 is 0.483 bits per heavy atom. The summed E-state index contributed by atoms with van der Waals surface area (Å²) in [6.07, 6.45) is 20.9. The van der Waals surface area contributed by atoms with Crippen molar-refractivity contribution in [2.45, 2.75) is 141 Å². The lowest BCUT2D eigenvalue weighted by Gasteiger charge is -2.32. The van der Waals surface area contributed by atoms with E-state index >= 15 is 0 Å². The fourth-order valence-electron chi connectivity index (χ4n) is 5.43. The molecule has 3 aliphatic carbocycles. The third-order valence-corrected chi connectivity index (χ3v) is 7.39. The van der Waals surface area contributed by atoms with Gasteiger partial charge in [-0.3, -0.25) is 9.59 Å². The van der Waals surface area contributed by atoms with E-state index in [4.69, 9.17) is 9.47 Å². The molecule has 0 spiro atoms. The van der Waals surface area contributed by atoms with Gasteiger partial charge in [0.15, 0.2) is 5.41 Å². The van der Waals surface area contributed by atoms with E-state index in [9.17, 15) is 9.59 Å². The lowest BCUT2D eigenvalue weighted by Crippen LogP contribution is -2.44. The Hall–Kier alpha value is -1.06. The lowest BCUT2D eigenvalue weighted by atomic mass is 9.80. The predicted octanol–water partition coefficient (Wildman–Crippen LogP) is 6.64. The van der Waals surface area contributed by atoms with Crippen LogP contribution in [0.2, 0.25) is 0 Å². The van der Waals surface area contributed by atoms with E-state index in [-0.39, 0.29) is 24.1 Å². The average molecular weight is 407 g/mol. The van der Waals surface area contributed by atoms with Crippen molar-refractivity contribution in [1.29, 1.82) is 0 Å². The molecule has 0 saturated heterocycles. The Labute approximate surface area is 177 Å². The molecule has 166 valence electrons. The third-order valence-electron chi connectivity index (χ3n) is 7.39. The van der Waals surface area contributed by atoms with Crippen LogP contribution in [-0.2, 0) is 19.1 Å². The second-order valence-electron chi connectivity index (χ2n) is 9.74. The van der Waals surface area contributed by atoms with Gasteiger partial charge in [-0.1, -0.05) is 64.2 Å². The fraction of sp³-hybridized carbons (Fsp3) is 0.920. The molecule has 3 rings (SSSR count). The summed E-state index contributed by atoms with van der Waals surface area (Å²) < 4.78 is 12.1. The molecule has 0 heterocycles. The molecule has 3 fully saturated rings. The number of hydrogen-bond acceptors (Lipinski definition) is 4. The zero-order valence-corrected chi connectivity index (χ0v) is 18.4. The van der Waals surface area contributed by atoms with Crippen molar-refractivity contribution in [2.75, 3.05) is 0 Å². The molecule has 0 aliphatic heterocycles. The van der Waals surface area contributed by atoms with Crippen LogP contribution in [0.1, 0.15) is 128 Å². The van der Waals surface area contributed by atoms with E-state index in [0.29, 0.717) is 12.8 Å². The van der Waals surface area contributed by atoms with Crippen LogP contribution in [0.15, 0.2) is 0 Å². The lowest BCUT2D eigenvalue weighted by molar-refractivity contribution is -0.181. The number of hydrogen-bond donors (Lipinski definition) is 0. The summed E-state index contributed by atoms with van der Waals surface area (Å²) in [5.74, 6) is -0.554. The van der Waals surface area contributed by atoms with Crippen LogP contribution in [0, 0.1) is 5.41 Å². The van der Waals surface area contributed by atoms with Crippen molar-refractivity contribution in [3.05, 3.63) is 0 Å². The molecule has 0 aromatic rings. The van der Waals surface area contributed by atoms with Crippen LogP contribution in [-0.4, -0.2) is 24.1 Å². The van der Waals surface area contributed by atoms with Crippen molar-refractivity contribution in [1.82, 2.24) is 0 Å². The zero-order valence-electron chi connectivity index (χ0n) is 18.4. The van der Waals surface area contributed by atoms with Crippen LogP contribution in [0.4, 0.5) is 0 Å². The van der Waals surface area contributed by atoms with E-state index in [0.717, 1.165) is 77.0 Å². The van der Waals surface area contributed by atoms with Gasteiger partial charge in [-0.05, 0) is 64.2 Å². The van der Waals surface area contributed by atoms with Crippen LogP contribution in [0.5, 0.6) is 0 Å². The Kier molecular flexibility index (Phi) is 9.33. The minimum Gasteiger partial charge on any atom is -0.462 e. The van der Waals surface area contributed by atoms with Gasteiger partial charge in [-0.15, -0.1) is 0 Å². The molecule has 4 nitrogen and oxygen atoms in total. The molecule has 3 aliphatic rings. The Morgan fingerprint density at radius 3 is 1.17 bits per heavy atom. The molecular weight excluding hydrogens is 364 g/mol. The second-order valence-corrected chi connectivity index (χ2v) is 9.74. The Bertz CT molecular complexity index is 453. The molecule has 0 aromatic carbocycles. The van der Waals surface area contributed by atoms with Gasteiger partial charge in [0.25, 0.3) is 0 Å². The smallest absolute Gasteiger partial charge is 0.323 e. The van der Waals surface area contributed by atoms with Gasteiger partial charge in [0.1, 0.15) is 12.2 Å². The highest BCUT2D eigenvalue weighted by Crippen LogP contribution is 2.39. The minimum atomic E-state index is -1.05. The number of carbonyl (C=O) groups is 2. The molecule has 0 radical (unpaired) electrons. The third kappa shape index (κ3) is 6.72. The largest absolute Gasteiger partial charge is 0.462 e. The van der Waals surface area contributed by atoms with E-state index < -0.39 is 5.41 Å². The SMILES string of the molecule is O=C(OC1CCCCCCC1)C1(C(=O)OC2CCCCCCC2)CCCCCC1. The average Bonchev–Trinajstić information content (AvgIpc) is 2.93. The maximum Gasteiger partial charge on any atom is 0.323 e. The molecule has 0 bridgehead atoms. The van der Waals surface area contributed by atoms with Gasteiger partial charge in [0, 0.05) is 0 Å². The molecule has 0 N–H and O–H groups in total. The van der Waals surface area contributed by atoms with E-state index in [1.807, 2.05) is 0 Å². The van der Waals surface area contributed by atoms with Crippen LogP contribution in [0.25, 0.3) is 0 Å². The van der Waals surface area contributed by atoms with Crippen molar-refractivity contribution in [3.63, 3.8) is 0 Å². The van der Waals surface area contributed by atoms with Crippen molar-refractivity contribution in [3.8, 4) is 0 Å². The summed E-state index contributed by atoms with van der Waals surface area (Å²) in [6, 6.07) is 0. The van der Waals surface area contributed by atoms with E-state index in [1.54, 1.807) is 0 Å². The number of esters is 2. The molecule has 0 unspecified atom stereocenters. The first-order valence-corrected chi connectivity index (χ1v) is 12.6. The summed E-state index contributed by atoms with van der Waals surface area (Å²) in [5, 5.41) is 0. The first-order valence-electron chi connectivity index (χ1n) is 12.6. The standard InChI is InChI=1S/C25H42O4/c26-23(28-21-15-9-3-1-4-10-16-21)25(19-13-7-8-14-20-25)24(27)29-22-17-11-5-2-6-12-18-22/h21-22H,1-20H2. The van der Waals surface area contributed by atoms with Gasteiger partial charge in [-0.25, -0.2) is 0 Å².